The molecule has 8 heteroatoms. The smallest absolute Gasteiger partial charge is 0.254 e. The van der Waals surface area contributed by atoms with E-state index in [0.717, 1.165) is 26.8 Å². The first kappa shape index (κ1) is 18.9. The SMILES string of the molecule is COc1ccc(-c2n[nH]c(CNC(=O)c3c(-n4cccc4)sc(C)c3C)n2)cc1. The summed E-state index contributed by atoms with van der Waals surface area (Å²) >= 11 is 1.61. The number of benzene rings is 1. The summed E-state index contributed by atoms with van der Waals surface area (Å²) < 4.78 is 7.14. The zero-order chi connectivity index (χ0) is 20.4. The predicted molar refractivity (Wildman–Crippen MR) is 113 cm³/mol. The third-order valence-corrected chi connectivity index (χ3v) is 5.95. The molecule has 0 fully saturated rings. The molecule has 148 valence electrons. The zero-order valence-electron chi connectivity index (χ0n) is 16.4. The van der Waals surface area contributed by atoms with Crippen molar-refractivity contribution in [2.45, 2.75) is 20.4 Å². The van der Waals surface area contributed by atoms with Crippen molar-refractivity contribution >= 4 is 17.2 Å². The van der Waals surface area contributed by atoms with Crippen LogP contribution in [0.2, 0.25) is 0 Å². The van der Waals surface area contributed by atoms with E-state index in [2.05, 4.69) is 20.5 Å². The summed E-state index contributed by atoms with van der Waals surface area (Å²) in [5, 5.41) is 11.0. The number of rotatable bonds is 6. The van der Waals surface area contributed by atoms with E-state index in [-0.39, 0.29) is 12.5 Å². The highest BCUT2D eigenvalue weighted by molar-refractivity contribution is 7.15. The standard InChI is InChI=1S/C21H21N5O2S/c1-13-14(2)29-21(26-10-4-5-11-26)18(13)20(27)22-12-17-23-19(25-24-17)15-6-8-16(28-3)9-7-15/h4-11H,12H2,1-3H3,(H,22,27)(H,23,24,25). The first-order valence-corrected chi connectivity index (χ1v) is 9.95. The fraction of sp³-hybridized carbons (Fsp3) is 0.190. The Morgan fingerprint density at radius 2 is 1.93 bits per heavy atom. The number of aromatic nitrogens is 4. The molecule has 0 aliphatic rings. The number of aromatic amines is 1. The van der Waals surface area contributed by atoms with Crippen LogP contribution in [0.3, 0.4) is 0 Å². The summed E-state index contributed by atoms with van der Waals surface area (Å²) in [5.74, 6) is 1.82. The molecular formula is C21H21N5O2S. The van der Waals surface area contributed by atoms with Crippen molar-refractivity contribution in [1.29, 1.82) is 0 Å². The van der Waals surface area contributed by atoms with Crippen LogP contribution in [0, 0.1) is 13.8 Å². The molecule has 0 spiro atoms. The lowest BCUT2D eigenvalue weighted by Gasteiger charge is -2.07. The largest absolute Gasteiger partial charge is 0.497 e. The van der Waals surface area contributed by atoms with Crippen LogP contribution in [0.15, 0.2) is 48.8 Å². The quantitative estimate of drug-likeness (QED) is 0.508. The summed E-state index contributed by atoms with van der Waals surface area (Å²) in [5.41, 5.74) is 2.56. The number of amides is 1. The molecule has 0 saturated carbocycles. The van der Waals surface area contributed by atoms with Gasteiger partial charge in [-0.15, -0.1) is 11.3 Å². The second-order valence-corrected chi connectivity index (χ2v) is 7.77. The Morgan fingerprint density at radius 3 is 2.62 bits per heavy atom. The van der Waals surface area contributed by atoms with Gasteiger partial charge in [-0.25, -0.2) is 4.98 Å². The van der Waals surface area contributed by atoms with E-state index in [1.807, 2.05) is 67.2 Å². The average Bonchev–Trinajstić information content (AvgIpc) is 3.48. The topological polar surface area (TPSA) is 84.8 Å². The van der Waals surface area contributed by atoms with E-state index in [1.165, 1.54) is 0 Å². The van der Waals surface area contributed by atoms with Gasteiger partial charge in [0.2, 0.25) is 0 Å². The number of thiophene rings is 1. The normalized spacial score (nSPS) is 10.9. The van der Waals surface area contributed by atoms with Crippen molar-refractivity contribution in [1.82, 2.24) is 25.1 Å². The lowest BCUT2D eigenvalue weighted by Crippen LogP contribution is -2.24. The molecule has 0 aliphatic carbocycles. The summed E-state index contributed by atoms with van der Waals surface area (Å²) in [6.45, 7) is 4.27. The van der Waals surface area contributed by atoms with E-state index in [4.69, 9.17) is 4.74 Å². The fourth-order valence-electron chi connectivity index (χ4n) is 3.02. The van der Waals surface area contributed by atoms with Crippen LogP contribution in [-0.2, 0) is 6.54 Å². The number of hydrogen-bond acceptors (Lipinski definition) is 5. The molecule has 4 rings (SSSR count). The lowest BCUT2D eigenvalue weighted by molar-refractivity contribution is 0.0949. The van der Waals surface area contributed by atoms with Crippen molar-refractivity contribution in [2.24, 2.45) is 0 Å². The Hall–Kier alpha value is -3.39. The second-order valence-electron chi connectivity index (χ2n) is 6.57. The van der Waals surface area contributed by atoms with E-state index in [1.54, 1.807) is 18.4 Å². The van der Waals surface area contributed by atoms with Crippen molar-refractivity contribution in [3.05, 3.63) is 70.6 Å². The maximum Gasteiger partial charge on any atom is 0.254 e. The van der Waals surface area contributed by atoms with Crippen LogP contribution in [-0.4, -0.2) is 32.8 Å². The number of nitrogens with zero attached hydrogens (tertiary/aromatic N) is 3. The second kappa shape index (κ2) is 7.92. The Morgan fingerprint density at radius 1 is 1.21 bits per heavy atom. The summed E-state index contributed by atoms with van der Waals surface area (Å²) in [6.07, 6.45) is 3.89. The molecule has 1 aromatic carbocycles. The van der Waals surface area contributed by atoms with Crippen LogP contribution in [0.5, 0.6) is 5.75 Å². The van der Waals surface area contributed by atoms with Crippen molar-refractivity contribution in [2.75, 3.05) is 7.11 Å². The summed E-state index contributed by atoms with van der Waals surface area (Å²) in [4.78, 5) is 18.5. The molecule has 3 heterocycles. The highest BCUT2D eigenvalue weighted by Crippen LogP contribution is 2.31. The summed E-state index contributed by atoms with van der Waals surface area (Å²) in [7, 11) is 1.63. The maximum atomic E-state index is 12.9. The molecule has 0 radical (unpaired) electrons. The van der Waals surface area contributed by atoms with Gasteiger partial charge in [0.1, 0.15) is 16.6 Å². The molecule has 7 nitrogen and oxygen atoms in total. The predicted octanol–water partition coefficient (Wildman–Crippen LogP) is 3.88. The molecule has 1 amide bonds. The third kappa shape index (κ3) is 3.79. The van der Waals surface area contributed by atoms with Gasteiger partial charge in [0.15, 0.2) is 5.82 Å². The fourth-order valence-corrected chi connectivity index (χ4v) is 4.14. The third-order valence-electron chi connectivity index (χ3n) is 4.73. The maximum absolute atomic E-state index is 12.9. The van der Waals surface area contributed by atoms with Gasteiger partial charge in [-0.2, -0.15) is 5.10 Å². The highest BCUT2D eigenvalue weighted by atomic mass is 32.1. The zero-order valence-corrected chi connectivity index (χ0v) is 17.2. The van der Waals surface area contributed by atoms with E-state index < -0.39 is 0 Å². The minimum Gasteiger partial charge on any atom is -0.497 e. The number of carbonyl (C=O) groups is 1. The number of H-pyrrole nitrogens is 1. The molecule has 0 bridgehead atoms. The Labute approximate surface area is 172 Å². The van der Waals surface area contributed by atoms with Crippen molar-refractivity contribution in [3.8, 4) is 22.1 Å². The highest BCUT2D eigenvalue weighted by Gasteiger charge is 2.20. The van der Waals surface area contributed by atoms with Crippen LogP contribution in [0.25, 0.3) is 16.4 Å². The Balaban J connectivity index is 1.49. The number of methoxy groups -OCH3 is 1. The molecule has 4 aromatic rings. The lowest BCUT2D eigenvalue weighted by atomic mass is 10.1. The molecule has 0 unspecified atom stereocenters. The molecule has 0 aliphatic heterocycles. The van der Waals surface area contributed by atoms with E-state index in [0.29, 0.717) is 17.2 Å². The molecule has 3 aromatic heterocycles. The molecule has 0 atom stereocenters. The Kier molecular flexibility index (Phi) is 5.18. The number of ether oxygens (including phenoxy) is 1. The van der Waals surface area contributed by atoms with Gasteiger partial charge < -0.3 is 14.6 Å². The number of carbonyl (C=O) groups excluding carboxylic acids is 1. The van der Waals surface area contributed by atoms with Crippen LogP contribution < -0.4 is 10.1 Å². The molecule has 0 saturated heterocycles. The minimum absolute atomic E-state index is 0.127. The van der Waals surface area contributed by atoms with E-state index >= 15 is 0 Å². The van der Waals surface area contributed by atoms with Gasteiger partial charge >= 0.3 is 0 Å². The summed E-state index contributed by atoms with van der Waals surface area (Å²) in [6, 6.07) is 11.4. The number of hydrogen-bond donors (Lipinski definition) is 2. The molecule has 2 N–H and O–H groups in total. The minimum atomic E-state index is -0.127. The van der Waals surface area contributed by atoms with Crippen LogP contribution in [0.4, 0.5) is 0 Å². The average molecular weight is 407 g/mol. The van der Waals surface area contributed by atoms with Gasteiger partial charge in [-0.3, -0.25) is 9.89 Å². The monoisotopic (exact) mass is 407 g/mol. The number of aryl methyl sites for hydroxylation is 1. The molecular weight excluding hydrogens is 386 g/mol. The van der Waals surface area contributed by atoms with Gasteiger partial charge in [0.05, 0.1) is 19.2 Å². The first-order valence-electron chi connectivity index (χ1n) is 9.14. The first-order chi connectivity index (χ1) is 14.1. The van der Waals surface area contributed by atoms with Gasteiger partial charge in [0.25, 0.3) is 5.91 Å². The van der Waals surface area contributed by atoms with Crippen LogP contribution >= 0.6 is 11.3 Å². The molecule has 29 heavy (non-hydrogen) atoms. The number of nitrogens with one attached hydrogen (secondary N) is 2. The van der Waals surface area contributed by atoms with E-state index in [9.17, 15) is 4.79 Å². The Bertz CT molecular complexity index is 1130. The van der Waals surface area contributed by atoms with Gasteiger partial charge in [-0.05, 0) is 55.8 Å². The van der Waals surface area contributed by atoms with Crippen molar-refractivity contribution < 1.29 is 9.53 Å². The van der Waals surface area contributed by atoms with Crippen molar-refractivity contribution in [3.63, 3.8) is 0 Å². The van der Waals surface area contributed by atoms with Crippen LogP contribution in [0.1, 0.15) is 26.6 Å². The van der Waals surface area contributed by atoms with Gasteiger partial charge in [0, 0.05) is 22.8 Å². The van der Waals surface area contributed by atoms with Gasteiger partial charge in [-0.1, -0.05) is 0 Å².